The first-order chi connectivity index (χ1) is 14.3. The number of benzene rings is 2. The predicted molar refractivity (Wildman–Crippen MR) is 128 cm³/mol. The lowest BCUT2D eigenvalue weighted by atomic mass is 10.2. The minimum Gasteiger partial charge on any atom is -0.494 e. The maximum atomic E-state index is 13.6. The standard InChI is InChI=1S/C21H25N3O4S2.ClH/c1-5-30(26,27)18-12-7-6-9-15(18)20(25)24(14-13-23(2)3)21-22-19-16(28-4)10-8-11-17(19)29-21;/h6-12H,5,13-14H2,1-4H3;1H. The Labute approximate surface area is 193 Å². The number of hydrogen-bond acceptors (Lipinski definition) is 7. The van der Waals surface area contributed by atoms with Crippen molar-refractivity contribution in [3.63, 3.8) is 0 Å². The smallest absolute Gasteiger partial charge is 0.261 e. The van der Waals surface area contributed by atoms with E-state index in [-0.39, 0.29) is 34.5 Å². The molecule has 1 heterocycles. The zero-order valence-electron chi connectivity index (χ0n) is 17.9. The number of nitrogens with zero attached hydrogens (tertiary/aromatic N) is 3. The molecule has 0 aliphatic heterocycles. The van der Waals surface area contributed by atoms with E-state index in [1.807, 2.05) is 37.2 Å². The Kier molecular flexibility index (Phi) is 8.41. The van der Waals surface area contributed by atoms with Crippen LogP contribution in [0.15, 0.2) is 47.4 Å². The first-order valence-corrected chi connectivity index (χ1v) is 12.0. The van der Waals surface area contributed by atoms with Gasteiger partial charge < -0.3 is 9.64 Å². The molecule has 3 rings (SSSR count). The van der Waals surface area contributed by atoms with Gasteiger partial charge >= 0.3 is 0 Å². The van der Waals surface area contributed by atoms with Crippen LogP contribution in [0.25, 0.3) is 10.2 Å². The Bertz CT molecular complexity index is 1160. The van der Waals surface area contributed by atoms with E-state index in [2.05, 4.69) is 4.98 Å². The predicted octanol–water partition coefficient (Wildman–Crippen LogP) is 3.73. The quantitative estimate of drug-likeness (QED) is 0.485. The van der Waals surface area contributed by atoms with Gasteiger partial charge in [0, 0.05) is 13.1 Å². The fourth-order valence-electron chi connectivity index (χ4n) is 2.99. The molecule has 31 heavy (non-hydrogen) atoms. The molecule has 1 amide bonds. The fraction of sp³-hybridized carbons (Fsp3) is 0.333. The Morgan fingerprint density at radius 1 is 1.10 bits per heavy atom. The number of sulfone groups is 1. The van der Waals surface area contributed by atoms with Gasteiger partial charge in [-0.15, -0.1) is 12.4 Å². The zero-order valence-corrected chi connectivity index (χ0v) is 20.3. The summed E-state index contributed by atoms with van der Waals surface area (Å²) in [6.07, 6.45) is 0. The molecule has 168 valence electrons. The van der Waals surface area contributed by atoms with Crippen LogP contribution in [0.4, 0.5) is 5.13 Å². The van der Waals surface area contributed by atoms with Crippen LogP contribution in [-0.2, 0) is 9.84 Å². The van der Waals surface area contributed by atoms with Crippen LogP contribution >= 0.6 is 23.7 Å². The number of fused-ring (bicyclic) bond motifs is 1. The van der Waals surface area contributed by atoms with Crippen molar-refractivity contribution in [3.05, 3.63) is 48.0 Å². The van der Waals surface area contributed by atoms with Crippen LogP contribution in [-0.4, -0.2) is 64.3 Å². The van der Waals surface area contributed by atoms with Crippen LogP contribution in [0.3, 0.4) is 0 Å². The van der Waals surface area contributed by atoms with E-state index in [1.54, 1.807) is 37.1 Å². The van der Waals surface area contributed by atoms with Gasteiger partial charge in [-0.3, -0.25) is 9.69 Å². The summed E-state index contributed by atoms with van der Waals surface area (Å²) in [6.45, 7) is 2.54. The number of thiazole rings is 1. The third-order valence-corrected chi connectivity index (χ3v) is 7.50. The van der Waals surface area contributed by atoms with Crippen molar-refractivity contribution in [2.45, 2.75) is 11.8 Å². The monoisotopic (exact) mass is 483 g/mol. The number of methoxy groups -OCH3 is 1. The summed E-state index contributed by atoms with van der Waals surface area (Å²) in [7, 11) is 1.86. The average Bonchev–Trinajstić information content (AvgIpc) is 3.17. The fourth-order valence-corrected chi connectivity index (χ4v) is 5.09. The van der Waals surface area contributed by atoms with E-state index < -0.39 is 9.84 Å². The van der Waals surface area contributed by atoms with Crippen LogP contribution < -0.4 is 9.64 Å². The molecule has 0 N–H and O–H groups in total. The molecule has 0 fully saturated rings. The third-order valence-electron chi connectivity index (χ3n) is 4.67. The zero-order chi connectivity index (χ0) is 21.9. The van der Waals surface area contributed by atoms with Gasteiger partial charge in [0.25, 0.3) is 5.91 Å². The van der Waals surface area contributed by atoms with Crippen molar-refractivity contribution in [1.82, 2.24) is 9.88 Å². The van der Waals surface area contributed by atoms with Crippen molar-refractivity contribution in [1.29, 1.82) is 0 Å². The van der Waals surface area contributed by atoms with E-state index in [0.717, 1.165) is 4.70 Å². The van der Waals surface area contributed by atoms with Crippen molar-refractivity contribution < 1.29 is 17.9 Å². The molecule has 1 aromatic heterocycles. The Hall–Kier alpha value is -2.20. The number of para-hydroxylation sites is 1. The summed E-state index contributed by atoms with van der Waals surface area (Å²) in [5.41, 5.74) is 0.835. The molecule has 0 spiro atoms. The SMILES string of the molecule is CCS(=O)(=O)c1ccccc1C(=O)N(CCN(C)C)c1nc2c(OC)cccc2s1.Cl. The maximum absolute atomic E-state index is 13.6. The van der Waals surface area contributed by atoms with Gasteiger partial charge in [0.05, 0.1) is 28.0 Å². The minimum atomic E-state index is -3.55. The van der Waals surface area contributed by atoms with Gasteiger partial charge in [0.2, 0.25) is 0 Å². The largest absolute Gasteiger partial charge is 0.494 e. The van der Waals surface area contributed by atoms with Crippen molar-refractivity contribution in [2.24, 2.45) is 0 Å². The molecule has 7 nitrogen and oxygen atoms in total. The number of ether oxygens (including phenoxy) is 1. The summed E-state index contributed by atoms with van der Waals surface area (Å²) in [4.78, 5) is 21.8. The van der Waals surface area contributed by atoms with Gasteiger partial charge in [0.1, 0.15) is 11.3 Å². The molecule has 0 saturated heterocycles. The first kappa shape index (κ1) is 25.1. The average molecular weight is 484 g/mol. The normalized spacial score (nSPS) is 11.4. The number of anilines is 1. The lowest BCUT2D eigenvalue weighted by molar-refractivity contribution is 0.0982. The van der Waals surface area contributed by atoms with E-state index in [4.69, 9.17) is 4.74 Å². The summed E-state index contributed by atoms with van der Waals surface area (Å²) in [5, 5.41) is 0.505. The Balaban J connectivity index is 0.00000341. The number of hydrogen-bond donors (Lipinski definition) is 0. The Morgan fingerprint density at radius 3 is 2.45 bits per heavy atom. The topological polar surface area (TPSA) is 79.8 Å². The molecule has 2 aromatic carbocycles. The molecular formula is C21H26ClN3O4S2. The number of halogens is 1. The number of carbonyl (C=O) groups is 1. The third kappa shape index (κ3) is 5.35. The molecule has 0 bridgehead atoms. The minimum absolute atomic E-state index is 0. The molecule has 10 heteroatoms. The number of carbonyl (C=O) groups excluding carboxylic acids is 1. The van der Waals surface area contributed by atoms with Crippen LogP contribution in [0.1, 0.15) is 17.3 Å². The highest BCUT2D eigenvalue weighted by Gasteiger charge is 2.27. The first-order valence-electron chi connectivity index (χ1n) is 9.50. The summed E-state index contributed by atoms with van der Waals surface area (Å²) >= 11 is 1.37. The van der Waals surface area contributed by atoms with Crippen LogP contribution in [0, 0.1) is 0 Å². The molecule has 0 aliphatic carbocycles. The number of rotatable bonds is 8. The summed E-state index contributed by atoms with van der Waals surface area (Å²) in [6, 6.07) is 12.0. The number of aromatic nitrogens is 1. The van der Waals surface area contributed by atoms with E-state index in [0.29, 0.717) is 29.5 Å². The van der Waals surface area contributed by atoms with Gasteiger partial charge in [0.15, 0.2) is 15.0 Å². The molecule has 0 radical (unpaired) electrons. The van der Waals surface area contributed by atoms with Gasteiger partial charge in [-0.1, -0.05) is 36.5 Å². The lowest BCUT2D eigenvalue weighted by Crippen LogP contribution is -2.37. The number of likely N-dealkylation sites (N-methyl/N-ethyl adjacent to an activating group) is 1. The van der Waals surface area contributed by atoms with Gasteiger partial charge in [-0.05, 0) is 38.4 Å². The van der Waals surface area contributed by atoms with Gasteiger partial charge in [-0.2, -0.15) is 0 Å². The highest BCUT2D eigenvalue weighted by atomic mass is 35.5. The molecule has 0 saturated carbocycles. The second-order valence-corrected chi connectivity index (χ2v) is 10.2. The van der Waals surface area contributed by atoms with Crippen molar-refractivity contribution in [2.75, 3.05) is 44.9 Å². The lowest BCUT2D eigenvalue weighted by Gasteiger charge is -2.23. The molecular weight excluding hydrogens is 458 g/mol. The second-order valence-electron chi connectivity index (χ2n) is 6.96. The molecule has 0 atom stereocenters. The highest BCUT2D eigenvalue weighted by molar-refractivity contribution is 7.91. The maximum Gasteiger partial charge on any atom is 0.261 e. The van der Waals surface area contributed by atoms with Crippen LogP contribution in [0.5, 0.6) is 5.75 Å². The van der Waals surface area contributed by atoms with E-state index in [9.17, 15) is 13.2 Å². The Morgan fingerprint density at radius 2 is 1.81 bits per heavy atom. The van der Waals surface area contributed by atoms with E-state index >= 15 is 0 Å². The van der Waals surface area contributed by atoms with Gasteiger partial charge in [-0.25, -0.2) is 13.4 Å². The molecule has 3 aromatic rings. The summed E-state index contributed by atoms with van der Waals surface area (Å²) in [5.74, 6) is 0.166. The van der Waals surface area contributed by atoms with Crippen molar-refractivity contribution >= 4 is 54.8 Å². The molecule has 0 aliphatic rings. The number of amides is 1. The summed E-state index contributed by atoms with van der Waals surface area (Å²) < 4.78 is 31.4. The highest BCUT2D eigenvalue weighted by Crippen LogP contribution is 2.35. The van der Waals surface area contributed by atoms with Crippen LogP contribution in [0.2, 0.25) is 0 Å². The second kappa shape index (κ2) is 10.4. The van der Waals surface area contributed by atoms with Crippen molar-refractivity contribution in [3.8, 4) is 5.75 Å². The molecule has 0 unspecified atom stereocenters. The van der Waals surface area contributed by atoms with E-state index in [1.165, 1.54) is 17.4 Å².